The Bertz CT molecular complexity index is 545. The lowest BCUT2D eigenvalue weighted by molar-refractivity contribution is 0.253. The Kier molecular flexibility index (Phi) is 8.28. The van der Waals surface area contributed by atoms with Gasteiger partial charge in [-0.25, -0.2) is 0 Å². The molecule has 5 nitrogen and oxygen atoms in total. The third kappa shape index (κ3) is 6.73. The van der Waals surface area contributed by atoms with Crippen molar-refractivity contribution in [3.05, 3.63) is 30.3 Å². The number of hydrogen-bond acceptors (Lipinski definition) is 3. The number of unbranched alkanes of at least 4 members (excludes halogenated alkanes) is 1. The van der Waals surface area contributed by atoms with E-state index in [1.165, 1.54) is 70.3 Å². The molecule has 0 spiro atoms. The van der Waals surface area contributed by atoms with Gasteiger partial charge in [-0.15, -0.1) is 0 Å². The molecule has 1 aromatic carbocycles. The third-order valence-electron chi connectivity index (χ3n) is 5.86. The molecular formula is C22H37N5. The maximum absolute atomic E-state index is 4.39. The molecule has 0 aromatic heterocycles. The Hall–Kier alpha value is -1.75. The molecule has 150 valence electrons. The number of para-hydroxylation sites is 1. The molecule has 2 aliphatic rings. The maximum atomic E-state index is 4.39. The van der Waals surface area contributed by atoms with Crippen molar-refractivity contribution in [2.24, 2.45) is 4.99 Å². The van der Waals surface area contributed by atoms with Crippen molar-refractivity contribution in [1.82, 2.24) is 15.5 Å². The van der Waals surface area contributed by atoms with Gasteiger partial charge in [0.15, 0.2) is 5.96 Å². The summed E-state index contributed by atoms with van der Waals surface area (Å²) in [6, 6.07) is 11.4. The molecule has 0 atom stereocenters. The van der Waals surface area contributed by atoms with E-state index >= 15 is 0 Å². The molecule has 3 rings (SSSR count). The van der Waals surface area contributed by atoms with E-state index in [9.17, 15) is 0 Å². The summed E-state index contributed by atoms with van der Waals surface area (Å²) >= 11 is 0. The molecule has 1 saturated heterocycles. The summed E-state index contributed by atoms with van der Waals surface area (Å²) in [6.07, 6.45) is 9.12. The number of hydrogen-bond donors (Lipinski definition) is 2. The van der Waals surface area contributed by atoms with Gasteiger partial charge < -0.3 is 15.5 Å². The first-order valence-electron chi connectivity index (χ1n) is 10.8. The highest BCUT2D eigenvalue weighted by molar-refractivity contribution is 5.79. The fraction of sp³-hybridized carbons (Fsp3) is 0.682. The summed E-state index contributed by atoms with van der Waals surface area (Å²) < 4.78 is 0. The third-order valence-corrected chi connectivity index (χ3v) is 5.86. The minimum Gasteiger partial charge on any atom is -0.369 e. The number of nitrogens with one attached hydrogen (secondary N) is 2. The van der Waals surface area contributed by atoms with Crippen molar-refractivity contribution in [3.8, 4) is 0 Å². The van der Waals surface area contributed by atoms with Crippen LogP contribution in [-0.4, -0.2) is 63.2 Å². The molecule has 0 unspecified atom stereocenters. The lowest BCUT2D eigenvalue weighted by atomic mass is 9.96. The monoisotopic (exact) mass is 371 g/mol. The highest BCUT2D eigenvalue weighted by atomic mass is 15.3. The maximum Gasteiger partial charge on any atom is 0.191 e. The molecule has 2 N–H and O–H groups in total. The summed E-state index contributed by atoms with van der Waals surface area (Å²) in [7, 11) is 1.88. The molecule has 1 aliphatic carbocycles. The Morgan fingerprint density at radius 2 is 1.74 bits per heavy atom. The van der Waals surface area contributed by atoms with Crippen LogP contribution >= 0.6 is 0 Å². The molecule has 0 amide bonds. The minimum absolute atomic E-state index is 0.617. The van der Waals surface area contributed by atoms with Crippen molar-refractivity contribution < 1.29 is 0 Å². The minimum atomic E-state index is 0.617. The predicted molar refractivity (Wildman–Crippen MR) is 116 cm³/mol. The molecule has 0 radical (unpaired) electrons. The molecule has 0 bridgehead atoms. The van der Waals surface area contributed by atoms with E-state index in [0.717, 1.165) is 25.6 Å². The number of piperazine rings is 1. The van der Waals surface area contributed by atoms with Crippen LogP contribution in [0.15, 0.2) is 35.3 Å². The van der Waals surface area contributed by atoms with Crippen molar-refractivity contribution in [2.75, 3.05) is 51.2 Å². The van der Waals surface area contributed by atoms with Gasteiger partial charge in [0.05, 0.1) is 0 Å². The summed E-state index contributed by atoms with van der Waals surface area (Å²) in [6.45, 7) is 6.84. The second-order valence-corrected chi connectivity index (χ2v) is 7.85. The van der Waals surface area contributed by atoms with E-state index < -0.39 is 0 Å². The summed E-state index contributed by atoms with van der Waals surface area (Å²) in [4.78, 5) is 9.49. The van der Waals surface area contributed by atoms with Gasteiger partial charge in [0.25, 0.3) is 0 Å². The Morgan fingerprint density at radius 3 is 2.44 bits per heavy atom. The molecule has 2 fully saturated rings. The number of aliphatic imine (C=N–C) groups is 1. The van der Waals surface area contributed by atoms with Gasteiger partial charge in [-0.1, -0.05) is 37.5 Å². The van der Waals surface area contributed by atoms with Crippen LogP contribution in [0.2, 0.25) is 0 Å². The van der Waals surface area contributed by atoms with Gasteiger partial charge in [0, 0.05) is 51.5 Å². The van der Waals surface area contributed by atoms with E-state index in [1.807, 2.05) is 7.05 Å². The van der Waals surface area contributed by atoms with Gasteiger partial charge in [-0.2, -0.15) is 0 Å². The van der Waals surface area contributed by atoms with Gasteiger partial charge in [0.1, 0.15) is 0 Å². The summed E-state index contributed by atoms with van der Waals surface area (Å²) in [5.41, 5.74) is 1.36. The fourth-order valence-corrected chi connectivity index (χ4v) is 4.17. The van der Waals surface area contributed by atoms with Crippen molar-refractivity contribution in [3.63, 3.8) is 0 Å². The largest absolute Gasteiger partial charge is 0.369 e. The molecule has 1 saturated carbocycles. The molecule has 27 heavy (non-hydrogen) atoms. The van der Waals surface area contributed by atoms with Crippen molar-refractivity contribution >= 4 is 11.6 Å². The summed E-state index contributed by atoms with van der Waals surface area (Å²) in [5, 5.41) is 7.08. The first kappa shape index (κ1) is 20.0. The van der Waals surface area contributed by atoms with Gasteiger partial charge >= 0.3 is 0 Å². The van der Waals surface area contributed by atoms with Gasteiger partial charge in [-0.05, 0) is 44.4 Å². The highest BCUT2D eigenvalue weighted by Crippen LogP contribution is 2.17. The zero-order valence-corrected chi connectivity index (χ0v) is 17.0. The molecule has 5 heteroatoms. The molecule has 1 aromatic rings. The normalized spacial score (nSPS) is 19.9. The smallest absolute Gasteiger partial charge is 0.191 e. The number of benzene rings is 1. The molecule has 1 aliphatic heterocycles. The second kappa shape index (κ2) is 11.2. The van der Waals surface area contributed by atoms with Crippen LogP contribution < -0.4 is 15.5 Å². The van der Waals surface area contributed by atoms with E-state index in [-0.39, 0.29) is 0 Å². The quantitative estimate of drug-likeness (QED) is 0.439. The van der Waals surface area contributed by atoms with Crippen LogP contribution in [0, 0.1) is 0 Å². The highest BCUT2D eigenvalue weighted by Gasteiger charge is 2.17. The van der Waals surface area contributed by atoms with Crippen LogP contribution in [0.25, 0.3) is 0 Å². The molecule has 1 heterocycles. The van der Waals surface area contributed by atoms with Crippen LogP contribution in [0.1, 0.15) is 44.9 Å². The standard InChI is InChI=1S/C22H37N5/c1-23-22(25-20-10-4-2-5-11-20)24-14-8-9-15-26-16-18-27(19-17-26)21-12-6-3-7-13-21/h3,6-7,12-13,20H,2,4-5,8-11,14-19H2,1H3,(H2,23,24,25). The van der Waals surface area contributed by atoms with Crippen LogP contribution in [0.4, 0.5) is 5.69 Å². The second-order valence-electron chi connectivity index (χ2n) is 7.85. The first-order valence-corrected chi connectivity index (χ1v) is 10.8. The van der Waals surface area contributed by atoms with Crippen molar-refractivity contribution in [2.45, 2.75) is 51.0 Å². The average molecular weight is 372 g/mol. The van der Waals surface area contributed by atoms with Crippen LogP contribution in [-0.2, 0) is 0 Å². The van der Waals surface area contributed by atoms with Gasteiger partial charge in [0.2, 0.25) is 0 Å². The van der Waals surface area contributed by atoms with Crippen LogP contribution in [0.3, 0.4) is 0 Å². The first-order chi connectivity index (χ1) is 13.3. The van der Waals surface area contributed by atoms with E-state index in [4.69, 9.17) is 0 Å². The lowest BCUT2D eigenvalue weighted by Crippen LogP contribution is -2.47. The summed E-state index contributed by atoms with van der Waals surface area (Å²) in [5.74, 6) is 0.985. The Labute approximate surface area is 165 Å². The predicted octanol–water partition coefficient (Wildman–Crippen LogP) is 3.09. The zero-order chi connectivity index (χ0) is 18.7. The number of guanidine groups is 1. The molecular weight excluding hydrogens is 334 g/mol. The number of rotatable bonds is 7. The number of anilines is 1. The van der Waals surface area contributed by atoms with Crippen molar-refractivity contribution in [1.29, 1.82) is 0 Å². The van der Waals surface area contributed by atoms with Gasteiger partial charge in [-0.3, -0.25) is 9.89 Å². The zero-order valence-electron chi connectivity index (χ0n) is 17.0. The number of nitrogens with zero attached hydrogens (tertiary/aromatic N) is 3. The fourth-order valence-electron chi connectivity index (χ4n) is 4.17. The van der Waals surface area contributed by atoms with Crippen LogP contribution in [0.5, 0.6) is 0 Å². The van der Waals surface area contributed by atoms with E-state index in [0.29, 0.717) is 6.04 Å². The topological polar surface area (TPSA) is 42.9 Å². The Balaban J connectivity index is 1.25. The average Bonchev–Trinajstić information content (AvgIpc) is 2.74. The Morgan fingerprint density at radius 1 is 1.00 bits per heavy atom. The lowest BCUT2D eigenvalue weighted by Gasteiger charge is -2.36. The van der Waals surface area contributed by atoms with E-state index in [1.54, 1.807) is 0 Å². The SMILES string of the molecule is CN=C(NCCCCN1CCN(c2ccccc2)CC1)NC1CCCCC1. The van der Waals surface area contributed by atoms with E-state index in [2.05, 4.69) is 55.8 Å².